The predicted octanol–water partition coefficient (Wildman–Crippen LogP) is 2.43. The number of benzene rings is 1. The third-order valence-electron chi connectivity index (χ3n) is 4.37. The van der Waals surface area contributed by atoms with Crippen LogP contribution in [-0.4, -0.2) is 29.0 Å². The van der Waals surface area contributed by atoms with E-state index in [0.717, 1.165) is 17.0 Å². The van der Waals surface area contributed by atoms with Gasteiger partial charge >= 0.3 is 0 Å². The van der Waals surface area contributed by atoms with E-state index in [2.05, 4.69) is 15.6 Å². The molecule has 2 saturated heterocycles. The zero-order chi connectivity index (χ0) is 14.2. The van der Waals surface area contributed by atoms with Gasteiger partial charge in [-0.25, -0.2) is 4.98 Å². The lowest BCUT2D eigenvalue weighted by Gasteiger charge is -2.20. The minimum absolute atomic E-state index is 0.00836. The van der Waals surface area contributed by atoms with E-state index in [-0.39, 0.29) is 11.9 Å². The quantitative estimate of drug-likeness (QED) is 0.915. The van der Waals surface area contributed by atoms with Crippen molar-refractivity contribution in [2.75, 3.05) is 0 Å². The van der Waals surface area contributed by atoms with Gasteiger partial charge in [0, 0.05) is 23.7 Å². The third-order valence-corrected chi connectivity index (χ3v) is 5.41. The summed E-state index contributed by atoms with van der Waals surface area (Å²) in [6, 6.07) is 11.3. The summed E-state index contributed by atoms with van der Waals surface area (Å²) in [5.74, 6) is 0.00836. The van der Waals surface area contributed by atoms with Crippen molar-refractivity contribution in [3.05, 3.63) is 41.4 Å². The highest BCUT2D eigenvalue weighted by atomic mass is 32.1. The van der Waals surface area contributed by atoms with Crippen molar-refractivity contribution >= 4 is 17.2 Å². The van der Waals surface area contributed by atoms with E-state index < -0.39 is 0 Å². The molecule has 2 aliphatic heterocycles. The zero-order valence-corrected chi connectivity index (χ0v) is 12.4. The van der Waals surface area contributed by atoms with E-state index in [1.54, 1.807) is 6.20 Å². The van der Waals surface area contributed by atoms with Gasteiger partial charge in [0.2, 0.25) is 0 Å². The van der Waals surface area contributed by atoms with Crippen molar-refractivity contribution in [1.82, 2.24) is 15.6 Å². The van der Waals surface area contributed by atoms with Crippen LogP contribution in [0.15, 0.2) is 36.5 Å². The SMILES string of the molecule is O=C(NC1CC2CCC1N2)c1cnc(-c2ccccc2)s1. The number of hydrogen-bond donors (Lipinski definition) is 2. The van der Waals surface area contributed by atoms with Gasteiger partial charge in [0.05, 0.1) is 6.20 Å². The summed E-state index contributed by atoms with van der Waals surface area (Å²) in [5.41, 5.74) is 1.06. The number of fused-ring (bicyclic) bond motifs is 2. The summed E-state index contributed by atoms with van der Waals surface area (Å²) in [6.45, 7) is 0. The Bertz CT molecular complexity index is 655. The first kappa shape index (κ1) is 13.0. The second-order valence-corrected chi connectivity index (χ2v) is 6.79. The Kier molecular flexibility index (Phi) is 3.24. The first-order valence-corrected chi connectivity index (χ1v) is 8.19. The second kappa shape index (κ2) is 5.24. The van der Waals surface area contributed by atoms with Crippen LogP contribution in [0.1, 0.15) is 28.9 Å². The van der Waals surface area contributed by atoms with E-state index in [4.69, 9.17) is 0 Å². The van der Waals surface area contributed by atoms with Gasteiger partial charge in [-0.3, -0.25) is 4.79 Å². The Morgan fingerprint density at radius 3 is 2.86 bits per heavy atom. The molecule has 5 heteroatoms. The molecule has 0 spiro atoms. The smallest absolute Gasteiger partial charge is 0.263 e. The standard InChI is InChI=1S/C16H17N3OS/c20-15(19-13-8-11-6-7-12(13)18-11)14-9-17-16(21-14)10-4-2-1-3-5-10/h1-5,9,11-13,18H,6-8H2,(H,19,20). The average molecular weight is 299 g/mol. The van der Waals surface area contributed by atoms with Gasteiger partial charge in [-0.1, -0.05) is 30.3 Å². The Balaban J connectivity index is 1.47. The number of nitrogens with zero attached hydrogens (tertiary/aromatic N) is 1. The fourth-order valence-corrected chi connectivity index (χ4v) is 4.14. The molecule has 3 heterocycles. The fourth-order valence-electron chi connectivity index (χ4n) is 3.32. The molecule has 2 N–H and O–H groups in total. The molecule has 0 radical (unpaired) electrons. The Morgan fingerprint density at radius 2 is 2.14 bits per heavy atom. The number of carbonyl (C=O) groups excluding carboxylic acids is 1. The number of thiazole rings is 1. The first-order chi connectivity index (χ1) is 10.3. The summed E-state index contributed by atoms with van der Waals surface area (Å²) in [7, 11) is 0. The summed E-state index contributed by atoms with van der Waals surface area (Å²) >= 11 is 1.45. The monoisotopic (exact) mass is 299 g/mol. The molecule has 0 saturated carbocycles. The van der Waals surface area contributed by atoms with Crippen molar-refractivity contribution in [1.29, 1.82) is 0 Å². The van der Waals surface area contributed by atoms with Gasteiger partial charge in [0.1, 0.15) is 9.88 Å². The van der Waals surface area contributed by atoms with Crippen LogP contribution in [0.5, 0.6) is 0 Å². The maximum Gasteiger partial charge on any atom is 0.263 e. The summed E-state index contributed by atoms with van der Waals surface area (Å²) in [5, 5.41) is 7.59. The number of amides is 1. The number of hydrogen-bond acceptors (Lipinski definition) is 4. The normalized spacial score (nSPS) is 27.0. The highest BCUT2D eigenvalue weighted by molar-refractivity contribution is 7.16. The van der Waals surface area contributed by atoms with Gasteiger partial charge in [0.25, 0.3) is 5.91 Å². The van der Waals surface area contributed by atoms with Crippen molar-refractivity contribution in [3.63, 3.8) is 0 Å². The lowest BCUT2D eigenvalue weighted by atomic mass is 9.95. The molecule has 2 aliphatic rings. The number of aromatic nitrogens is 1. The predicted molar refractivity (Wildman–Crippen MR) is 83.4 cm³/mol. The fraction of sp³-hybridized carbons (Fsp3) is 0.375. The first-order valence-electron chi connectivity index (χ1n) is 7.38. The van der Waals surface area contributed by atoms with Crippen LogP contribution in [0.25, 0.3) is 10.6 Å². The lowest BCUT2D eigenvalue weighted by Crippen LogP contribution is -2.42. The summed E-state index contributed by atoms with van der Waals surface area (Å²) in [6.07, 6.45) is 5.16. The molecular weight excluding hydrogens is 282 g/mol. The molecule has 3 atom stereocenters. The highest BCUT2D eigenvalue weighted by Gasteiger charge is 2.39. The van der Waals surface area contributed by atoms with E-state index >= 15 is 0 Å². The molecule has 2 bridgehead atoms. The number of nitrogens with one attached hydrogen (secondary N) is 2. The molecule has 21 heavy (non-hydrogen) atoms. The van der Waals surface area contributed by atoms with E-state index in [0.29, 0.717) is 17.0 Å². The molecule has 4 rings (SSSR count). The van der Waals surface area contributed by atoms with Crippen LogP contribution in [0.3, 0.4) is 0 Å². The molecule has 1 amide bonds. The Hall–Kier alpha value is -1.72. The summed E-state index contributed by atoms with van der Waals surface area (Å²) < 4.78 is 0. The van der Waals surface area contributed by atoms with Gasteiger partial charge in [-0.2, -0.15) is 0 Å². The minimum Gasteiger partial charge on any atom is -0.347 e. The van der Waals surface area contributed by atoms with Crippen LogP contribution in [0.2, 0.25) is 0 Å². The highest BCUT2D eigenvalue weighted by Crippen LogP contribution is 2.29. The molecule has 108 valence electrons. The Labute approximate surface area is 127 Å². The van der Waals surface area contributed by atoms with Gasteiger partial charge in [-0.05, 0) is 19.3 Å². The van der Waals surface area contributed by atoms with Crippen molar-refractivity contribution in [2.24, 2.45) is 0 Å². The van der Waals surface area contributed by atoms with Crippen molar-refractivity contribution in [2.45, 2.75) is 37.4 Å². The molecule has 0 aliphatic carbocycles. The maximum atomic E-state index is 12.4. The lowest BCUT2D eigenvalue weighted by molar-refractivity contribution is 0.0935. The van der Waals surface area contributed by atoms with Crippen LogP contribution in [0.4, 0.5) is 0 Å². The number of carbonyl (C=O) groups is 1. The topological polar surface area (TPSA) is 54.0 Å². The zero-order valence-electron chi connectivity index (χ0n) is 11.6. The van der Waals surface area contributed by atoms with Crippen molar-refractivity contribution in [3.8, 4) is 10.6 Å². The molecule has 3 unspecified atom stereocenters. The molecule has 2 aromatic rings. The van der Waals surface area contributed by atoms with Gasteiger partial charge in [0.15, 0.2) is 0 Å². The molecule has 1 aromatic heterocycles. The maximum absolute atomic E-state index is 12.4. The van der Waals surface area contributed by atoms with Crippen molar-refractivity contribution < 1.29 is 4.79 Å². The largest absolute Gasteiger partial charge is 0.347 e. The van der Waals surface area contributed by atoms with E-state index in [1.807, 2.05) is 30.3 Å². The minimum atomic E-state index is 0.00836. The average Bonchev–Trinajstić information content (AvgIpc) is 3.24. The van der Waals surface area contributed by atoms with Crippen LogP contribution in [-0.2, 0) is 0 Å². The van der Waals surface area contributed by atoms with Crippen LogP contribution < -0.4 is 10.6 Å². The summed E-state index contributed by atoms with van der Waals surface area (Å²) in [4.78, 5) is 17.4. The van der Waals surface area contributed by atoms with Crippen LogP contribution in [0, 0.1) is 0 Å². The van der Waals surface area contributed by atoms with E-state index in [1.165, 1.54) is 24.2 Å². The van der Waals surface area contributed by atoms with Crippen LogP contribution >= 0.6 is 11.3 Å². The Morgan fingerprint density at radius 1 is 1.29 bits per heavy atom. The second-order valence-electron chi connectivity index (χ2n) is 5.76. The van der Waals surface area contributed by atoms with E-state index in [9.17, 15) is 4.79 Å². The molecule has 1 aromatic carbocycles. The number of rotatable bonds is 3. The molecular formula is C16H17N3OS. The molecule has 4 nitrogen and oxygen atoms in total. The molecule has 2 fully saturated rings. The van der Waals surface area contributed by atoms with Gasteiger partial charge in [-0.15, -0.1) is 11.3 Å². The van der Waals surface area contributed by atoms with Gasteiger partial charge < -0.3 is 10.6 Å². The third kappa shape index (κ3) is 2.47.